The van der Waals surface area contributed by atoms with E-state index in [1.54, 1.807) is 0 Å². The SMILES string of the molecule is Cc1ccc(CCN2CCC[C@@H](N3Cc4cc5c(cc4CC3=O)CN=C5c3ccnc(C)c3)C2)cc1. The molecule has 36 heavy (non-hydrogen) atoms. The van der Waals surface area contributed by atoms with Gasteiger partial charge in [0.25, 0.3) is 0 Å². The van der Waals surface area contributed by atoms with Gasteiger partial charge in [-0.25, -0.2) is 0 Å². The van der Waals surface area contributed by atoms with E-state index in [9.17, 15) is 4.79 Å². The summed E-state index contributed by atoms with van der Waals surface area (Å²) in [4.78, 5) is 27.2. The van der Waals surface area contributed by atoms with Crippen LogP contribution in [0.15, 0.2) is 59.7 Å². The summed E-state index contributed by atoms with van der Waals surface area (Å²) in [6.07, 6.45) is 5.67. The summed E-state index contributed by atoms with van der Waals surface area (Å²) < 4.78 is 0. The number of aromatic nitrogens is 1. The van der Waals surface area contributed by atoms with Crippen molar-refractivity contribution in [2.75, 3.05) is 19.6 Å². The zero-order chi connectivity index (χ0) is 24.6. The summed E-state index contributed by atoms with van der Waals surface area (Å²) in [5.41, 5.74) is 10.8. The van der Waals surface area contributed by atoms with Gasteiger partial charge >= 0.3 is 0 Å². The molecule has 3 aliphatic heterocycles. The molecule has 3 aromatic rings. The second-order valence-electron chi connectivity index (χ2n) is 10.7. The van der Waals surface area contributed by atoms with Crippen LogP contribution in [-0.4, -0.2) is 52.1 Å². The van der Waals surface area contributed by atoms with Crippen LogP contribution in [0.5, 0.6) is 0 Å². The monoisotopic (exact) mass is 478 g/mol. The number of rotatable bonds is 5. The number of likely N-dealkylation sites (tertiary alicyclic amines) is 1. The van der Waals surface area contributed by atoms with Crippen molar-refractivity contribution in [1.29, 1.82) is 0 Å². The Hall–Kier alpha value is -3.31. The Morgan fingerprint density at radius 1 is 1.00 bits per heavy atom. The molecule has 2 aromatic carbocycles. The number of hydrogen-bond acceptors (Lipinski definition) is 4. The number of hydrogen-bond donors (Lipinski definition) is 0. The molecule has 0 radical (unpaired) electrons. The Kier molecular flexibility index (Phi) is 6.18. The average Bonchev–Trinajstić information content (AvgIpc) is 3.29. The highest BCUT2D eigenvalue weighted by Gasteiger charge is 2.33. The predicted molar refractivity (Wildman–Crippen MR) is 143 cm³/mol. The molecule has 4 heterocycles. The fourth-order valence-electron chi connectivity index (χ4n) is 5.99. The van der Waals surface area contributed by atoms with Crippen LogP contribution in [0.1, 0.15) is 57.5 Å². The first-order valence-electron chi connectivity index (χ1n) is 13.2. The minimum absolute atomic E-state index is 0.275. The fourth-order valence-corrected chi connectivity index (χ4v) is 5.99. The van der Waals surface area contributed by atoms with Gasteiger partial charge in [0.15, 0.2) is 0 Å². The molecule has 0 unspecified atom stereocenters. The van der Waals surface area contributed by atoms with Crippen LogP contribution in [0.4, 0.5) is 0 Å². The molecule has 1 aromatic heterocycles. The number of carbonyl (C=O) groups is 1. The molecule has 5 heteroatoms. The molecule has 0 saturated carbocycles. The van der Waals surface area contributed by atoms with Gasteiger partial charge in [-0.05, 0) is 80.1 Å². The quantitative estimate of drug-likeness (QED) is 0.537. The summed E-state index contributed by atoms with van der Waals surface area (Å²) in [6.45, 7) is 8.70. The van der Waals surface area contributed by atoms with E-state index in [4.69, 9.17) is 4.99 Å². The van der Waals surface area contributed by atoms with Crippen molar-refractivity contribution in [1.82, 2.24) is 14.8 Å². The third-order valence-electron chi connectivity index (χ3n) is 8.02. The van der Waals surface area contributed by atoms with Crippen molar-refractivity contribution in [3.05, 3.63) is 99.4 Å². The highest BCUT2D eigenvalue weighted by molar-refractivity contribution is 6.15. The van der Waals surface area contributed by atoms with Crippen molar-refractivity contribution in [3.63, 3.8) is 0 Å². The fraction of sp³-hybridized carbons (Fsp3) is 0.387. The van der Waals surface area contributed by atoms with Gasteiger partial charge in [-0.3, -0.25) is 14.8 Å². The normalized spacial score (nSPS) is 19.7. The second-order valence-corrected chi connectivity index (χ2v) is 10.7. The standard InChI is InChI=1S/C31H34N4O/c1-21-5-7-23(8-6-21)10-13-34-12-3-4-28(20-34)35-19-27-16-29-26(15-25(27)17-30(35)36)18-33-31(29)24-9-11-32-22(2)14-24/h5-9,11,14-16,28H,3-4,10,12-13,17-20H2,1-2H3/t28-/m1/s1. The summed E-state index contributed by atoms with van der Waals surface area (Å²) in [5.74, 6) is 0.275. The van der Waals surface area contributed by atoms with Crippen LogP contribution in [0.3, 0.4) is 0 Å². The van der Waals surface area contributed by atoms with Crippen molar-refractivity contribution in [3.8, 4) is 0 Å². The molecule has 3 aliphatic rings. The van der Waals surface area contributed by atoms with Gasteiger partial charge in [-0.2, -0.15) is 0 Å². The maximum absolute atomic E-state index is 13.3. The average molecular weight is 479 g/mol. The number of amides is 1. The summed E-state index contributed by atoms with van der Waals surface area (Å²) >= 11 is 0. The Bertz CT molecular complexity index is 1330. The number of aliphatic imine (C=N–C) groups is 1. The number of pyridine rings is 1. The zero-order valence-electron chi connectivity index (χ0n) is 21.3. The van der Waals surface area contributed by atoms with Crippen molar-refractivity contribution in [2.24, 2.45) is 4.99 Å². The van der Waals surface area contributed by atoms with Crippen LogP contribution in [0.2, 0.25) is 0 Å². The van der Waals surface area contributed by atoms with Gasteiger partial charge in [-0.1, -0.05) is 35.9 Å². The van der Waals surface area contributed by atoms with Crippen molar-refractivity contribution >= 4 is 11.6 Å². The Morgan fingerprint density at radius 2 is 1.86 bits per heavy atom. The molecule has 1 atom stereocenters. The number of benzene rings is 2. The van der Waals surface area contributed by atoms with Crippen molar-refractivity contribution < 1.29 is 4.79 Å². The van der Waals surface area contributed by atoms with E-state index >= 15 is 0 Å². The van der Waals surface area contributed by atoms with E-state index in [1.807, 2.05) is 19.2 Å². The third-order valence-corrected chi connectivity index (χ3v) is 8.02. The Morgan fingerprint density at radius 3 is 2.69 bits per heavy atom. The van der Waals surface area contributed by atoms with Gasteiger partial charge in [0.2, 0.25) is 5.91 Å². The Balaban J connectivity index is 1.17. The number of piperidine rings is 1. The lowest BCUT2D eigenvalue weighted by molar-refractivity contribution is -0.135. The molecule has 0 aliphatic carbocycles. The van der Waals surface area contributed by atoms with Gasteiger partial charge < -0.3 is 9.80 Å². The van der Waals surface area contributed by atoms with Gasteiger partial charge in [0.05, 0.1) is 18.7 Å². The van der Waals surface area contributed by atoms with E-state index in [-0.39, 0.29) is 5.91 Å². The lowest BCUT2D eigenvalue weighted by atomic mass is 9.90. The maximum Gasteiger partial charge on any atom is 0.227 e. The first-order chi connectivity index (χ1) is 17.5. The summed E-state index contributed by atoms with van der Waals surface area (Å²) in [6, 6.07) is 17.9. The summed E-state index contributed by atoms with van der Waals surface area (Å²) in [5, 5.41) is 0. The Labute approximate surface area is 213 Å². The topological polar surface area (TPSA) is 48.8 Å². The number of nitrogens with zero attached hydrogens (tertiary/aromatic N) is 4. The molecule has 0 spiro atoms. The molecule has 1 saturated heterocycles. The minimum atomic E-state index is 0.275. The molecule has 5 nitrogen and oxygen atoms in total. The first kappa shape index (κ1) is 23.1. The number of carbonyl (C=O) groups excluding carboxylic acids is 1. The smallest absolute Gasteiger partial charge is 0.227 e. The van der Waals surface area contributed by atoms with Crippen LogP contribution < -0.4 is 0 Å². The van der Waals surface area contributed by atoms with Crippen LogP contribution in [0.25, 0.3) is 0 Å². The minimum Gasteiger partial charge on any atom is -0.334 e. The maximum atomic E-state index is 13.3. The van der Waals surface area contributed by atoms with E-state index < -0.39 is 0 Å². The van der Waals surface area contributed by atoms with Crippen LogP contribution >= 0.6 is 0 Å². The molecule has 6 rings (SSSR count). The molecule has 0 bridgehead atoms. The predicted octanol–water partition coefficient (Wildman–Crippen LogP) is 4.64. The number of fused-ring (bicyclic) bond motifs is 2. The molecule has 1 fully saturated rings. The largest absolute Gasteiger partial charge is 0.334 e. The highest BCUT2D eigenvalue weighted by atomic mass is 16.2. The van der Waals surface area contributed by atoms with Crippen LogP contribution in [0, 0.1) is 13.8 Å². The lowest BCUT2D eigenvalue weighted by Gasteiger charge is -2.41. The molecule has 0 N–H and O–H groups in total. The van der Waals surface area contributed by atoms with Gasteiger partial charge in [0, 0.05) is 48.7 Å². The molecule has 1 amide bonds. The number of aryl methyl sites for hydroxylation is 2. The zero-order valence-corrected chi connectivity index (χ0v) is 21.3. The van der Waals surface area contributed by atoms with Gasteiger partial charge in [0.1, 0.15) is 0 Å². The second kappa shape index (κ2) is 9.62. The molecular formula is C31H34N4O. The lowest BCUT2D eigenvalue weighted by Crippen LogP contribution is -2.52. The van der Waals surface area contributed by atoms with Crippen molar-refractivity contribution in [2.45, 2.75) is 58.7 Å². The van der Waals surface area contributed by atoms with E-state index in [0.29, 0.717) is 25.6 Å². The molecular weight excluding hydrogens is 444 g/mol. The van der Waals surface area contributed by atoms with Gasteiger partial charge in [-0.15, -0.1) is 0 Å². The van der Waals surface area contributed by atoms with E-state index in [2.05, 4.69) is 64.2 Å². The highest BCUT2D eigenvalue weighted by Crippen LogP contribution is 2.32. The van der Waals surface area contributed by atoms with E-state index in [1.165, 1.54) is 33.4 Å². The van der Waals surface area contributed by atoms with Crippen LogP contribution in [-0.2, 0) is 30.7 Å². The summed E-state index contributed by atoms with van der Waals surface area (Å²) in [7, 11) is 0. The first-order valence-corrected chi connectivity index (χ1v) is 13.2. The van der Waals surface area contributed by atoms with E-state index in [0.717, 1.165) is 55.9 Å². The third kappa shape index (κ3) is 4.60. The molecule has 184 valence electrons.